The average Bonchev–Trinajstić information content (AvgIpc) is 1.79. The zero-order chi connectivity index (χ0) is 8.82. The summed E-state index contributed by atoms with van der Waals surface area (Å²) in [6.45, 7) is 9.74. The van der Waals surface area contributed by atoms with Gasteiger partial charge >= 0.3 is 0 Å². The fourth-order valence-corrected chi connectivity index (χ4v) is 3.40. The monoisotopic (exact) mass is 168 g/mol. The van der Waals surface area contributed by atoms with Gasteiger partial charge in [-0.05, 0) is 24.3 Å². The first-order valence-electron chi connectivity index (χ1n) is 4.91. The van der Waals surface area contributed by atoms with Gasteiger partial charge in [-0.2, -0.15) is 0 Å². The minimum atomic E-state index is 0.528. The van der Waals surface area contributed by atoms with Gasteiger partial charge in [-0.1, -0.05) is 13.8 Å². The van der Waals surface area contributed by atoms with Crippen molar-refractivity contribution in [3.05, 3.63) is 0 Å². The van der Waals surface area contributed by atoms with Crippen molar-refractivity contribution in [2.24, 2.45) is 10.8 Å². The van der Waals surface area contributed by atoms with Gasteiger partial charge in [0.05, 0.1) is 0 Å². The van der Waals surface area contributed by atoms with Crippen molar-refractivity contribution in [2.45, 2.75) is 20.3 Å². The molecular weight excluding hydrogens is 148 g/mol. The topological polar surface area (TPSA) is 15.3 Å². The van der Waals surface area contributed by atoms with Crippen LogP contribution in [0.25, 0.3) is 0 Å². The van der Waals surface area contributed by atoms with Gasteiger partial charge in [0.2, 0.25) is 0 Å². The van der Waals surface area contributed by atoms with E-state index >= 15 is 0 Å². The molecule has 0 aromatic carbocycles. The van der Waals surface area contributed by atoms with Crippen LogP contribution in [0.4, 0.5) is 0 Å². The van der Waals surface area contributed by atoms with Gasteiger partial charge < -0.3 is 10.2 Å². The van der Waals surface area contributed by atoms with Crippen molar-refractivity contribution in [1.29, 1.82) is 0 Å². The third-order valence-corrected chi connectivity index (χ3v) is 3.26. The van der Waals surface area contributed by atoms with Crippen LogP contribution in [0.1, 0.15) is 20.3 Å². The van der Waals surface area contributed by atoms with E-state index in [0.717, 1.165) is 0 Å². The van der Waals surface area contributed by atoms with E-state index < -0.39 is 0 Å². The molecule has 2 atom stereocenters. The second-order valence-electron chi connectivity index (χ2n) is 5.57. The first kappa shape index (κ1) is 8.52. The quantitative estimate of drug-likeness (QED) is 0.579. The summed E-state index contributed by atoms with van der Waals surface area (Å²) >= 11 is 0. The first-order chi connectivity index (χ1) is 5.52. The molecule has 0 spiro atoms. The summed E-state index contributed by atoms with van der Waals surface area (Å²) < 4.78 is 0. The van der Waals surface area contributed by atoms with Crippen LogP contribution in [0.15, 0.2) is 0 Å². The Kier molecular flexibility index (Phi) is 1.74. The van der Waals surface area contributed by atoms with Gasteiger partial charge in [-0.3, -0.25) is 0 Å². The van der Waals surface area contributed by atoms with E-state index in [1.807, 2.05) is 0 Å². The molecule has 2 heterocycles. The Morgan fingerprint density at radius 1 is 1.08 bits per heavy atom. The predicted octanol–water partition coefficient (Wildman–Crippen LogP) is 0.938. The highest BCUT2D eigenvalue weighted by molar-refractivity contribution is 4.99. The van der Waals surface area contributed by atoms with Gasteiger partial charge in [-0.25, -0.2) is 0 Å². The fraction of sp³-hybridized carbons (Fsp3) is 1.00. The predicted molar refractivity (Wildman–Crippen MR) is 51.2 cm³/mol. The fourth-order valence-electron chi connectivity index (χ4n) is 3.40. The van der Waals surface area contributed by atoms with Crippen LogP contribution in [-0.2, 0) is 0 Å². The molecule has 0 aromatic rings. The van der Waals surface area contributed by atoms with Crippen LogP contribution in [0.5, 0.6) is 0 Å². The van der Waals surface area contributed by atoms with E-state index in [9.17, 15) is 0 Å². The van der Waals surface area contributed by atoms with Crippen molar-refractivity contribution in [3.63, 3.8) is 0 Å². The molecule has 2 fully saturated rings. The highest BCUT2D eigenvalue weighted by atomic mass is 15.1. The van der Waals surface area contributed by atoms with Crippen LogP contribution >= 0.6 is 0 Å². The summed E-state index contributed by atoms with van der Waals surface area (Å²) in [7, 11) is 2.25. The lowest BCUT2D eigenvalue weighted by Crippen LogP contribution is -2.60. The smallest absolute Gasteiger partial charge is 0.00449 e. The summed E-state index contributed by atoms with van der Waals surface area (Å²) in [5.74, 6) is 0. The molecular formula is C10H20N2. The molecule has 2 saturated heterocycles. The minimum absolute atomic E-state index is 0.528. The Morgan fingerprint density at radius 2 is 1.58 bits per heavy atom. The van der Waals surface area contributed by atoms with Gasteiger partial charge in [0.15, 0.2) is 0 Å². The Hall–Kier alpha value is -0.0800. The van der Waals surface area contributed by atoms with Crippen LogP contribution in [0, 0.1) is 10.8 Å². The summed E-state index contributed by atoms with van der Waals surface area (Å²) in [5.41, 5.74) is 1.06. The van der Waals surface area contributed by atoms with Gasteiger partial charge in [-0.15, -0.1) is 0 Å². The first-order valence-corrected chi connectivity index (χ1v) is 4.91. The van der Waals surface area contributed by atoms with E-state index in [4.69, 9.17) is 0 Å². The van der Waals surface area contributed by atoms with Crippen LogP contribution in [0.3, 0.4) is 0 Å². The minimum Gasteiger partial charge on any atom is -0.316 e. The lowest BCUT2D eigenvalue weighted by molar-refractivity contribution is -0.00751. The van der Waals surface area contributed by atoms with Gasteiger partial charge in [0, 0.05) is 26.2 Å². The van der Waals surface area contributed by atoms with E-state index in [2.05, 4.69) is 31.1 Å². The molecule has 2 bridgehead atoms. The van der Waals surface area contributed by atoms with Crippen molar-refractivity contribution in [2.75, 3.05) is 33.2 Å². The Balaban J connectivity index is 2.19. The molecule has 1 N–H and O–H groups in total. The average molecular weight is 168 g/mol. The summed E-state index contributed by atoms with van der Waals surface area (Å²) in [6.07, 6.45) is 1.40. The standard InChI is InChI=1S/C10H20N2/c1-9-4-10(2,6-11-5-9)8-12(3)7-9/h11H,4-8H2,1-3H3/t9-,10-/m1/s1. The van der Waals surface area contributed by atoms with E-state index in [1.54, 1.807) is 0 Å². The lowest BCUT2D eigenvalue weighted by atomic mass is 9.66. The Morgan fingerprint density at radius 3 is 2.08 bits per heavy atom. The number of nitrogens with one attached hydrogen (secondary N) is 1. The van der Waals surface area contributed by atoms with Gasteiger partial charge in [0.25, 0.3) is 0 Å². The highest BCUT2D eigenvalue weighted by Crippen LogP contribution is 2.41. The number of hydrogen-bond donors (Lipinski definition) is 1. The van der Waals surface area contributed by atoms with Crippen LogP contribution in [0.2, 0.25) is 0 Å². The molecule has 2 nitrogen and oxygen atoms in total. The largest absolute Gasteiger partial charge is 0.316 e. The lowest BCUT2D eigenvalue weighted by Gasteiger charge is -2.53. The van der Waals surface area contributed by atoms with E-state index in [0.29, 0.717) is 10.8 Å². The van der Waals surface area contributed by atoms with E-state index in [1.165, 1.54) is 32.6 Å². The molecule has 12 heavy (non-hydrogen) atoms. The van der Waals surface area contributed by atoms with Crippen LogP contribution in [-0.4, -0.2) is 38.1 Å². The zero-order valence-electron chi connectivity index (χ0n) is 8.48. The molecule has 2 heteroatoms. The Bertz CT molecular complexity index is 174. The SMILES string of the molecule is CN1C[C@@]2(C)CNC[C@](C)(C1)C2. The third-order valence-electron chi connectivity index (χ3n) is 3.26. The molecule has 2 aliphatic heterocycles. The van der Waals surface area contributed by atoms with Crippen LogP contribution < -0.4 is 5.32 Å². The second-order valence-corrected chi connectivity index (χ2v) is 5.57. The molecule has 0 aliphatic carbocycles. The number of nitrogens with zero attached hydrogens (tertiary/aromatic N) is 1. The summed E-state index contributed by atoms with van der Waals surface area (Å²) in [6, 6.07) is 0. The van der Waals surface area contributed by atoms with Crippen molar-refractivity contribution >= 4 is 0 Å². The van der Waals surface area contributed by atoms with Crippen molar-refractivity contribution in [1.82, 2.24) is 10.2 Å². The van der Waals surface area contributed by atoms with E-state index in [-0.39, 0.29) is 0 Å². The highest BCUT2D eigenvalue weighted by Gasteiger charge is 2.44. The summed E-state index contributed by atoms with van der Waals surface area (Å²) in [4.78, 5) is 2.49. The molecule has 2 aliphatic rings. The van der Waals surface area contributed by atoms with Crippen molar-refractivity contribution < 1.29 is 0 Å². The normalized spacial score (nSPS) is 49.2. The van der Waals surface area contributed by atoms with Gasteiger partial charge in [0.1, 0.15) is 0 Å². The molecule has 70 valence electrons. The second kappa shape index (κ2) is 2.46. The molecule has 0 unspecified atom stereocenters. The number of fused-ring (bicyclic) bond motifs is 2. The molecule has 0 saturated carbocycles. The zero-order valence-corrected chi connectivity index (χ0v) is 8.48. The Labute approximate surface area is 75.3 Å². The molecule has 2 rings (SSSR count). The number of likely N-dealkylation sites (tertiary alicyclic amines) is 1. The molecule has 0 amide bonds. The summed E-state index contributed by atoms with van der Waals surface area (Å²) in [5, 5.41) is 3.56. The third kappa shape index (κ3) is 1.38. The van der Waals surface area contributed by atoms with Crippen molar-refractivity contribution in [3.8, 4) is 0 Å². The number of piperidine rings is 2. The molecule has 0 radical (unpaired) electrons. The number of hydrogen-bond acceptors (Lipinski definition) is 2. The maximum Gasteiger partial charge on any atom is 0.00449 e. The number of rotatable bonds is 0. The maximum absolute atomic E-state index is 3.56. The molecule has 0 aromatic heterocycles. The maximum atomic E-state index is 3.56.